The Hall–Kier alpha value is -1.51. The monoisotopic (exact) mass is 263 g/mol. The summed E-state index contributed by atoms with van der Waals surface area (Å²) in [7, 11) is 1.56. The van der Waals surface area contributed by atoms with E-state index in [9.17, 15) is 4.79 Å². The number of carboxylic acid groups (broad SMARTS) is 1. The zero-order valence-corrected chi connectivity index (χ0v) is 12.1. The van der Waals surface area contributed by atoms with Gasteiger partial charge in [0.2, 0.25) is 0 Å². The molecule has 0 heterocycles. The van der Waals surface area contributed by atoms with Crippen molar-refractivity contribution in [3.05, 3.63) is 29.8 Å². The smallest absolute Gasteiger partial charge is 0.411 e. The average Bonchev–Trinajstić information content (AvgIpc) is 2.42. The Morgan fingerprint density at radius 3 is 2.21 bits per heavy atom. The number of aryl methyl sites for hydroxylation is 1. The van der Waals surface area contributed by atoms with Gasteiger partial charge in [0.1, 0.15) is 0 Å². The number of amides is 1. The molecule has 106 valence electrons. The van der Waals surface area contributed by atoms with E-state index in [4.69, 9.17) is 5.11 Å². The van der Waals surface area contributed by atoms with Crippen LogP contribution in [0.15, 0.2) is 24.3 Å². The molecule has 1 aromatic rings. The van der Waals surface area contributed by atoms with Gasteiger partial charge in [0, 0.05) is 12.7 Å². The molecular formula is C16H25NO2. The first-order valence-corrected chi connectivity index (χ1v) is 7.20. The molecule has 0 unspecified atom stereocenters. The maximum Gasteiger partial charge on any atom is 0.411 e. The summed E-state index contributed by atoms with van der Waals surface area (Å²) in [4.78, 5) is 12.0. The molecule has 1 amide bonds. The van der Waals surface area contributed by atoms with Crippen LogP contribution >= 0.6 is 0 Å². The summed E-state index contributed by atoms with van der Waals surface area (Å²) in [6.07, 6.45) is 7.97. The summed E-state index contributed by atoms with van der Waals surface area (Å²) < 4.78 is 0. The molecule has 0 aliphatic heterocycles. The van der Waals surface area contributed by atoms with Crippen LogP contribution in [-0.2, 0) is 6.42 Å². The van der Waals surface area contributed by atoms with Crippen LogP contribution < -0.4 is 4.90 Å². The predicted octanol–water partition coefficient (Wildman–Crippen LogP) is 4.70. The number of hydrogen-bond acceptors (Lipinski definition) is 1. The maximum atomic E-state index is 10.8. The fourth-order valence-electron chi connectivity index (χ4n) is 2.11. The SMILES string of the molecule is CCCCCCCCc1ccc(N(C)C(=O)O)cc1. The van der Waals surface area contributed by atoms with E-state index in [1.807, 2.05) is 24.3 Å². The molecule has 1 rings (SSSR count). The molecule has 0 aromatic heterocycles. The van der Waals surface area contributed by atoms with Crippen molar-refractivity contribution in [1.29, 1.82) is 0 Å². The molecule has 0 atom stereocenters. The van der Waals surface area contributed by atoms with Gasteiger partial charge in [0.15, 0.2) is 0 Å². The molecule has 0 aliphatic carbocycles. The zero-order chi connectivity index (χ0) is 14.1. The third-order valence-electron chi connectivity index (χ3n) is 3.43. The van der Waals surface area contributed by atoms with Crippen LogP contribution in [0.3, 0.4) is 0 Å². The summed E-state index contributed by atoms with van der Waals surface area (Å²) in [5.41, 5.74) is 2.01. The summed E-state index contributed by atoms with van der Waals surface area (Å²) >= 11 is 0. The lowest BCUT2D eigenvalue weighted by atomic mass is 10.0. The quantitative estimate of drug-likeness (QED) is 0.690. The van der Waals surface area contributed by atoms with Gasteiger partial charge >= 0.3 is 6.09 Å². The Morgan fingerprint density at radius 2 is 1.63 bits per heavy atom. The van der Waals surface area contributed by atoms with Crippen LogP contribution in [0.25, 0.3) is 0 Å². The van der Waals surface area contributed by atoms with E-state index >= 15 is 0 Å². The van der Waals surface area contributed by atoms with Crippen molar-refractivity contribution in [3.63, 3.8) is 0 Å². The van der Waals surface area contributed by atoms with E-state index in [0.717, 1.165) is 12.1 Å². The van der Waals surface area contributed by atoms with Crippen molar-refractivity contribution in [3.8, 4) is 0 Å². The molecule has 0 radical (unpaired) electrons. The van der Waals surface area contributed by atoms with Crippen LogP contribution in [0.2, 0.25) is 0 Å². The van der Waals surface area contributed by atoms with Crippen molar-refractivity contribution in [1.82, 2.24) is 0 Å². The second-order valence-electron chi connectivity index (χ2n) is 5.03. The standard InChI is InChI=1S/C16H25NO2/c1-3-4-5-6-7-8-9-14-10-12-15(13-11-14)17(2)16(18)19/h10-13H,3-9H2,1-2H3,(H,18,19). The Morgan fingerprint density at radius 1 is 1.05 bits per heavy atom. The third kappa shape index (κ3) is 5.77. The molecule has 0 spiro atoms. The molecule has 3 heteroatoms. The molecule has 19 heavy (non-hydrogen) atoms. The molecule has 0 fully saturated rings. The Labute approximate surface area is 116 Å². The van der Waals surface area contributed by atoms with Gasteiger partial charge in [-0.15, -0.1) is 0 Å². The number of nitrogens with zero attached hydrogens (tertiary/aromatic N) is 1. The second-order valence-corrected chi connectivity index (χ2v) is 5.03. The Bertz CT molecular complexity index is 373. The van der Waals surface area contributed by atoms with Crippen LogP contribution in [0.5, 0.6) is 0 Å². The average molecular weight is 263 g/mol. The van der Waals surface area contributed by atoms with Crippen LogP contribution in [0, 0.1) is 0 Å². The fourth-order valence-corrected chi connectivity index (χ4v) is 2.11. The van der Waals surface area contributed by atoms with E-state index in [2.05, 4.69) is 6.92 Å². The molecule has 0 saturated carbocycles. The number of unbranched alkanes of at least 4 members (excludes halogenated alkanes) is 5. The first kappa shape index (κ1) is 15.5. The van der Waals surface area contributed by atoms with E-state index in [1.165, 1.54) is 49.0 Å². The Kier molecular flexibility index (Phi) is 7.01. The summed E-state index contributed by atoms with van der Waals surface area (Å²) in [5.74, 6) is 0. The highest BCUT2D eigenvalue weighted by Crippen LogP contribution is 2.16. The first-order chi connectivity index (χ1) is 9.15. The molecule has 1 aromatic carbocycles. The van der Waals surface area contributed by atoms with Gasteiger partial charge in [-0.1, -0.05) is 51.2 Å². The summed E-state index contributed by atoms with van der Waals surface area (Å²) in [5, 5.41) is 8.87. The number of anilines is 1. The zero-order valence-electron chi connectivity index (χ0n) is 12.1. The predicted molar refractivity (Wildman–Crippen MR) is 79.9 cm³/mol. The lowest BCUT2D eigenvalue weighted by Crippen LogP contribution is -2.23. The van der Waals surface area contributed by atoms with E-state index in [0.29, 0.717) is 0 Å². The summed E-state index contributed by atoms with van der Waals surface area (Å²) in [6.45, 7) is 2.23. The molecular weight excluding hydrogens is 238 g/mol. The molecule has 0 bridgehead atoms. The summed E-state index contributed by atoms with van der Waals surface area (Å²) in [6, 6.07) is 7.81. The minimum atomic E-state index is -0.927. The number of benzene rings is 1. The normalized spacial score (nSPS) is 10.4. The second kappa shape index (κ2) is 8.57. The lowest BCUT2D eigenvalue weighted by molar-refractivity contribution is 0.203. The van der Waals surface area contributed by atoms with E-state index < -0.39 is 6.09 Å². The first-order valence-electron chi connectivity index (χ1n) is 7.20. The van der Waals surface area contributed by atoms with Crippen LogP contribution in [0.4, 0.5) is 10.5 Å². The number of carbonyl (C=O) groups is 1. The van der Waals surface area contributed by atoms with Gasteiger partial charge in [-0.05, 0) is 30.5 Å². The minimum Gasteiger partial charge on any atom is -0.465 e. The van der Waals surface area contributed by atoms with Gasteiger partial charge in [0.25, 0.3) is 0 Å². The van der Waals surface area contributed by atoms with Gasteiger partial charge < -0.3 is 5.11 Å². The topological polar surface area (TPSA) is 40.5 Å². The highest BCUT2D eigenvalue weighted by Gasteiger charge is 2.07. The minimum absolute atomic E-state index is 0.721. The maximum absolute atomic E-state index is 10.8. The van der Waals surface area contributed by atoms with E-state index in [1.54, 1.807) is 7.05 Å². The largest absolute Gasteiger partial charge is 0.465 e. The highest BCUT2D eigenvalue weighted by molar-refractivity contribution is 5.85. The molecule has 0 aliphatic rings. The lowest BCUT2D eigenvalue weighted by Gasteiger charge is -2.13. The van der Waals surface area contributed by atoms with E-state index in [-0.39, 0.29) is 0 Å². The van der Waals surface area contributed by atoms with Crippen molar-refractivity contribution < 1.29 is 9.90 Å². The highest BCUT2D eigenvalue weighted by atomic mass is 16.4. The van der Waals surface area contributed by atoms with Gasteiger partial charge in [0.05, 0.1) is 0 Å². The van der Waals surface area contributed by atoms with Crippen molar-refractivity contribution in [2.75, 3.05) is 11.9 Å². The van der Waals surface area contributed by atoms with Gasteiger partial charge in [-0.2, -0.15) is 0 Å². The van der Waals surface area contributed by atoms with Crippen molar-refractivity contribution >= 4 is 11.8 Å². The van der Waals surface area contributed by atoms with Gasteiger partial charge in [-0.25, -0.2) is 4.79 Å². The molecule has 1 N–H and O–H groups in total. The van der Waals surface area contributed by atoms with Crippen LogP contribution in [-0.4, -0.2) is 18.2 Å². The van der Waals surface area contributed by atoms with Gasteiger partial charge in [-0.3, -0.25) is 4.90 Å². The van der Waals surface area contributed by atoms with Crippen molar-refractivity contribution in [2.24, 2.45) is 0 Å². The molecule has 0 saturated heterocycles. The third-order valence-corrected chi connectivity index (χ3v) is 3.43. The Balaban J connectivity index is 2.30. The van der Waals surface area contributed by atoms with Crippen LogP contribution in [0.1, 0.15) is 51.0 Å². The molecule has 3 nitrogen and oxygen atoms in total. The number of hydrogen-bond donors (Lipinski definition) is 1. The number of rotatable bonds is 8. The fraction of sp³-hybridized carbons (Fsp3) is 0.562. The van der Waals surface area contributed by atoms with Crippen molar-refractivity contribution in [2.45, 2.75) is 51.9 Å².